The van der Waals surface area contributed by atoms with E-state index in [1.807, 2.05) is 12.1 Å². The maximum absolute atomic E-state index is 11.3. The number of aromatic amines is 1. The number of hydrogen-bond acceptors (Lipinski definition) is 6. The lowest BCUT2D eigenvalue weighted by Crippen LogP contribution is -2.12. The Morgan fingerprint density at radius 2 is 2.33 bits per heavy atom. The van der Waals surface area contributed by atoms with Crippen LogP contribution in [0.5, 0.6) is 0 Å². The van der Waals surface area contributed by atoms with Crippen LogP contribution in [0.1, 0.15) is 17.7 Å². The van der Waals surface area contributed by atoms with Crippen LogP contribution in [-0.2, 0) is 15.4 Å². The fourth-order valence-corrected chi connectivity index (χ4v) is 3.75. The van der Waals surface area contributed by atoms with E-state index in [2.05, 4.69) is 14.7 Å². The van der Waals surface area contributed by atoms with Gasteiger partial charge in [0.15, 0.2) is 0 Å². The molecule has 0 saturated heterocycles. The zero-order valence-electron chi connectivity index (χ0n) is 12.7. The van der Waals surface area contributed by atoms with E-state index >= 15 is 0 Å². The third-order valence-corrected chi connectivity index (χ3v) is 5.15. The van der Waals surface area contributed by atoms with Crippen LogP contribution in [-0.4, -0.2) is 39.8 Å². The average molecular weight is 368 g/mol. The summed E-state index contributed by atoms with van der Waals surface area (Å²) in [6.07, 6.45) is 0.226. The van der Waals surface area contributed by atoms with Gasteiger partial charge in [0.2, 0.25) is 0 Å². The minimum atomic E-state index is -0.428. The summed E-state index contributed by atoms with van der Waals surface area (Å²) >= 11 is 7.33. The van der Waals surface area contributed by atoms with Crippen LogP contribution in [0.15, 0.2) is 23.2 Å². The first-order valence-electron chi connectivity index (χ1n) is 7.15. The third-order valence-electron chi connectivity index (χ3n) is 3.69. The second-order valence-electron chi connectivity index (χ2n) is 5.33. The first-order chi connectivity index (χ1) is 11.5. The van der Waals surface area contributed by atoms with Crippen LogP contribution in [0.4, 0.5) is 5.69 Å². The van der Waals surface area contributed by atoms with Gasteiger partial charge in [-0.05, 0) is 17.7 Å². The molecule has 0 saturated carbocycles. The molecule has 2 heterocycles. The minimum Gasteiger partial charge on any atom is -0.469 e. The van der Waals surface area contributed by atoms with E-state index in [0.29, 0.717) is 22.5 Å². The van der Waals surface area contributed by atoms with Crippen LogP contribution in [0.25, 0.3) is 10.9 Å². The molecule has 0 fully saturated rings. The molecule has 1 aromatic carbocycles. The van der Waals surface area contributed by atoms with Gasteiger partial charge >= 0.3 is 5.97 Å². The maximum Gasteiger partial charge on any atom is 0.307 e. The Hall–Kier alpha value is -2.06. The van der Waals surface area contributed by atoms with E-state index < -0.39 is 4.92 Å². The minimum absolute atomic E-state index is 0.0101. The fourth-order valence-electron chi connectivity index (χ4n) is 2.56. The van der Waals surface area contributed by atoms with Crippen LogP contribution in [0.3, 0.4) is 0 Å². The van der Waals surface area contributed by atoms with Gasteiger partial charge in [-0.25, -0.2) is 0 Å². The number of carbonyl (C=O) groups is 1. The Kier molecular flexibility index (Phi) is 4.77. The van der Waals surface area contributed by atoms with Gasteiger partial charge in [-0.1, -0.05) is 0 Å². The number of nitrogens with zero attached hydrogens (tertiary/aromatic N) is 2. The number of H-pyrrole nitrogens is 1. The molecular weight excluding hydrogens is 354 g/mol. The smallest absolute Gasteiger partial charge is 0.307 e. The highest BCUT2D eigenvalue weighted by atomic mass is 35.5. The van der Waals surface area contributed by atoms with Crippen molar-refractivity contribution in [3.8, 4) is 0 Å². The highest BCUT2D eigenvalue weighted by Gasteiger charge is 2.24. The van der Waals surface area contributed by atoms with E-state index in [1.165, 1.54) is 24.9 Å². The number of aromatic nitrogens is 1. The van der Waals surface area contributed by atoms with Crippen molar-refractivity contribution in [1.29, 1.82) is 0 Å². The summed E-state index contributed by atoms with van der Waals surface area (Å²) in [5.74, 6) is 0.577. The molecule has 3 rings (SSSR count). The number of rotatable bonds is 5. The molecule has 0 amide bonds. The lowest BCUT2D eigenvalue weighted by Gasteiger charge is -2.02. The average Bonchev–Trinajstić information content (AvgIpc) is 3.19. The Bertz CT molecular complexity index is 849. The molecule has 1 aliphatic heterocycles. The van der Waals surface area contributed by atoms with Crippen molar-refractivity contribution in [3.05, 3.63) is 39.6 Å². The highest BCUT2D eigenvalue weighted by Crippen LogP contribution is 2.32. The summed E-state index contributed by atoms with van der Waals surface area (Å²) in [5.41, 5.74) is 1.83. The molecule has 2 aromatic rings. The summed E-state index contributed by atoms with van der Waals surface area (Å²) < 4.78 is 4.66. The number of methoxy groups -OCH3 is 1. The molecule has 0 radical (unpaired) electrons. The quantitative estimate of drug-likeness (QED) is 0.378. The van der Waals surface area contributed by atoms with Crippen LogP contribution >= 0.6 is 23.4 Å². The molecule has 126 valence electrons. The van der Waals surface area contributed by atoms with E-state index in [0.717, 1.165) is 10.4 Å². The number of nitro benzene ring substituents is 1. The number of ether oxygens (including phenoxy) is 1. The maximum atomic E-state index is 11.3. The predicted octanol–water partition coefficient (Wildman–Crippen LogP) is 3.24. The predicted molar refractivity (Wildman–Crippen MR) is 93.9 cm³/mol. The van der Waals surface area contributed by atoms with Crippen LogP contribution in [0, 0.1) is 10.1 Å². The van der Waals surface area contributed by atoms with Crippen LogP contribution < -0.4 is 0 Å². The fraction of sp³-hybridized carbons (Fsp3) is 0.333. The molecule has 1 aliphatic rings. The van der Waals surface area contributed by atoms with E-state index in [1.54, 1.807) is 0 Å². The molecule has 9 heteroatoms. The van der Waals surface area contributed by atoms with Crippen molar-refractivity contribution >= 4 is 51.0 Å². The SMILES string of the molecule is COC(=O)CC1CSC(c2cc3cc(CCl)cc([N+](=O)[O-])c3[nH]2)=N1. The zero-order chi connectivity index (χ0) is 17.3. The molecule has 1 atom stereocenters. The first kappa shape index (κ1) is 16.8. The van der Waals surface area contributed by atoms with Crippen molar-refractivity contribution in [2.75, 3.05) is 12.9 Å². The number of benzene rings is 1. The van der Waals surface area contributed by atoms with Crippen molar-refractivity contribution in [3.63, 3.8) is 0 Å². The van der Waals surface area contributed by atoms with Crippen molar-refractivity contribution in [2.24, 2.45) is 4.99 Å². The van der Waals surface area contributed by atoms with Gasteiger partial charge in [-0.3, -0.25) is 19.9 Å². The van der Waals surface area contributed by atoms with Gasteiger partial charge < -0.3 is 9.72 Å². The summed E-state index contributed by atoms with van der Waals surface area (Å²) in [5, 5.41) is 12.7. The molecule has 7 nitrogen and oxygen atoms in total. The third kappa shape index (κ3) is 3.25. The number of hydrogen-bond donors (Lipinski definition) is 1. The molecular formula is C15H14ClN3O4S. The monoisotopic (exact) mass is 367 g/mol. The number of esters is 1. The lowest BCUT2D eigenvalue weighted by atomic mass is 10.1. The normalized spacial score (nSPS) is 17.1. The summed E-state index contributed by atoms with van der Waals surface area (Å²) in [6.45, 7) is 0. The molecule has 1 aromatic heterocycles. The number of thioether (sulfide) groups is 1. The first-order valence-corrected chi connectivity index (χ1v) is 8.67. The Labute approximate surface area is 146 Å². The molecule has 0 spiro atoms. The molecule has 0 aliphatic carbocycles. The van der Waals surface area contributed by atoms with Gasteiger partial charge in [0.25, 0.3) is 5.69 Å². The van der Waals surface area contributed by atoms with Crippen molar-refractivity contribution in [2.45, 2.75) is 18.3 Å². The molecule has 24 heavy (non-hydrogen) atoms. The molecule has 0 bridgehead atoms. The number of fused-ring (bicyclic) bond motifs is 1. The van der Waals surface area contributed by atoms with E-state index in [9.17, 15) is 14.9 Å². The van der Waals surface area contributed by atoms with Gasteiger partial charge in [-0.2, -0.15) is 0 Å². The number of non-ortho nitro benzene ring substituents is 1. The van der Waals surface area contributed by atoms with Gasteiger partial charge in [0.1, 0.15) is 10.6 Å². The second-order valence-corrected chi connectivity index (χ2v) is 6.61. The largest absolute Gasteiger partial charge is 0.469 e. The van der Waals surface area contributed by atoms with E-state index in [-0.39, 0.29) is 30.0 Å². The summed E-state index contributed by atoms with van der Waals surface area (Å²) in [6, 6.07) is 4.98. The van der Waals surface area contributed by atoms with E-state index in [4.69, 9.17) is 11.6 Å². The van der Waals surface area contributed by atoms with Crippen molar-refractivity contribution in [1.82, 2.24) is 4.98 Å². The topological polar surface area (TPSA) is 97.6 Å². The Morgan fingerprint density at radius 3 is 3.00 bits per heavy atom. The van der Waals surface area contributed by atoms with Gasteiger partial charge in [-0.15, -0.1) is 23.4 Å². The standard InChI is InChI=1S/C15H14ClN3O4S/c1-23-13(20)5-10-7-24-15(17-10)11-4-9-2-8(6-16)3-12(19(21)22)14(9)18-11/h2-4,10,18H,5-7H2,1H3. The highest BCUT2D eigenvalue weighted by molar-refractivity contribution is 8.14. The second kappa shape index (κ2) is 6.82. The number of aliphatic imine (C=N–C) groups is 1. The number of carbonyl (C=O) groups excluding carboxylic acids is 1. The summed E-state index contributed by atoms with van der Waals surface area (Å²) in [4.78, 5) is 29.8. The van der Waals surface area contributed by atoms with Crippen LogP contribution in [0.2, 0.25) is 0 Å². The lowest BCUT2D eigenvalue weighted by molar-refractivity contribution is -0.383. The summed E-state index contributed by atoms with van der Waals surface area (Å²) in [7, 11) is 1.35. The number of nitrogens with one attached hydrogen (secondary N) is 1. The Balaban J connectivity index is 1.96. The van der Waals surface area contributed by atoms with Crippen molar-refractivity contribution < 1.29 is 14.5 Å². The molecule has 1 N–H and O–H groups in total. The van der Waals surface area contributed by atoms with Gasteiger partial charge in [0.05, 0.1) is 30.2 Å². The zero-order valence-corrected chi connectivity index (χ0v) is 14.3. The van der Waals surface area contributed by atoms with Gasteiger partial charge in [0, 0.05) is 23.1 Å². The Morgan fingerprint density at radius 1 is 1.54 bits per heavy atom. The molecule has 1 unspecified atom stereocenters. The number of halogens is 1. The number of nitro groups is 1. The number of alkyl halides is 1.